The van der Waals surface area contributed by atoms with E-state index in [9.17, 15) is 4.79 Å². The Kier molecular flexibility index (Phi) is 7.87. The van der Waals surface area contributed by atoms with Crippen LogP contribution in [0.5, 0.6) is 11.5 Å². The predicted molar refractivity (Wildman–Crippen MR) is 110 cm³/mol. The van der Waals surface area contributed by atoms with Crippen molar-refractivity contribution in [3.8, 4) is 11.5 Å². The molecule has 1 atom stereocenters. The maximum atomic E-state index is 12.1. The quantitative estimate of drug-likeness (QED) is 0.338. The van der Waals surface area contributed by atoms with Gasteiger partial charge in [-0.15, -0.1) is 0 Å². The van der Waals surface area contributed by atoms with E-state index in [1.54, 1.807) is 25.1 Å². The fourth-order valence-corrected chi connectivity index (χ4v) is 2.57. The van der Waals surface area contributed by atoms with Crippen molar-refractivity contribution in [2.45, 2.75) is 13.0 Å². The molecule has 0 heterocycles. The van der Waals surface area contributed by atoms with Gasteiger partial charge in [0.25, 0.3) is 5.91 Å². The normalized spacial score (nSPS) is 11.8. The van der Waals surface area contributed by atoms with Gasteiger partial charge in [-0.05, 0) is 49.4 Å². The lowest BCUT2D eigenvalue weighted by molar-refractivity contribution is -0.127. The molecule has 7 heteroatoms. The summed E-state index contributed by atoms with van der Waals surface area (Å²) < 4.78 is 13.0. The molecule has 1 N–H and O–H groups in total. The Balaban J connectivity index is 1.96. The Morgan fingerprint density at radius 1 is 1.23 bits per heavy atom. The molecule has 1 amide bonds. The van der Waals surface area contributed by atoms with E-state index < -0.39 is 6.10 Å². The number of hydrogen-bond acceptors (Lipinski definition) is 4. The third kappa shape index (κ3) is 6.31. The van der Waals surface area contributed by atoms with Crippen molar-refractivity contribution in [3.63, 3.8) is 0 Å². The highest BCUT2D eigenvalue weighted by Gasteiger charge is 2.14. The summed E-state index contributed by atoms with van der Waals surface area (Å²) in [6.45, 7) is 5.66. The van der Waals surface area contributed by atoms with E-state index in [0.717, 1.165) is 14.5 Å². The molecule has 2 aromatic rings. The summed E-state index contributed by atoms with van der Waals surface area (Å²) in [7, 11) is 0. The largest absolute Gasteiger partial charge is 0.489 e. The number of carbonyl (C=O) groups excluding carboxylic acids is 1. The second-order valence-electron chi connectivity index (χ2n) is 5.23. The van der Waals surface area contributed by atoms with Gasteiger partial charge >= 0.3 is 0 Å². The van der Waals surface area contributed by atoms with Crippen molar-refractivity contribution < 1.29 is 14.3 Å². The number of carbonyl (C=O) groups is 1. The van der Waals surface area contributed by atoms with Gasteiger partial charge in [0.15, 0.2) is 6.10 Å². The van der Waals surface area contributed by atoms with Crippen LogP contribution in [-0.4, -0.2) is 24.8 Å². The van der Waals surface area contributed by atoms with E-state index in [0.29, 0.717) is 18.1 Å². The van der Waals surface area contributed by atoms with E-state index in [4.69, 9.17) is 9.47 Å². The molecular formula is C19H18Br2N2O3. The van der Waals surface area contributed by atoms with Crippen LogP contribution in [0.25, 0.3) is 0 Å². The zero-order valence-electron chi connectivity index (χ0n) is 14.1. The van der Waals surface area contributed by atoms with Crippen molar-refractivity contribution in [1.82, 2.24) is 5.43 Å². The number of halogens is 2. The number of amides is 1. The van der Waals surface area contributed by atoms with Crippen molar-refractivity contribution in [1.29, 1.82) is 0 Å². The summed E-state index contributed by atoms with van der Waals surface area (Å²) in [5.41, 5.74) is 3.20. The number of rotatable bonds is 8. The Morgan fingerprint density at radius 3 is 2.62 bits per heavy atom. The molecular weight excluding hydrogens is 464 g/mol. The van der Waals surface area contributed by atoms with Crippen LogP contribution in [-0.2, 0) is 4.79 Å². The zero-order chi connectivity index (χ0) is 18.9. The van der Waals surface area contributed by atoms with Crippen LogP contribution in [0.4, 0.5) is 0 Å². The SMILES string of the molecule is C=CCOc1ccc(Br)cc1/C=N/NC(=O)C(C)Oc1ccc(Br)cc1. The van der Waals surface area contributed by atoms with Gasteiger partial charge < -0.3 is 9.47 Å². The van der Waals surface area contributed by atoms with Gasteiger partial charge in [0, 0.05) is 14.5 Å². The summed E-state index contributed by atoms with van der Waals surface area (Å²) in [6.07, 6.45) is 2.49. The molecule has 0 aliphatic heterocycles. The lowest BCUT2D eigenvalue weighted by Gasteiger charge is -2.13. The average Bonchev–Trinajstić information content (AvgIpc) is 2.62. The van der Waals surface area contributed by atoms with Crippen LogP contribution in [0.3, 0.4) is 0 Å². The van der Waals surface area contributed by atoms with E-state index in [1.165, 1.54) is 6.21 Å². The second-order valence-corrected chi connectivity index (χ2v) is 7.06. The minimum atomic E-state index is -0.688. The van der Waals surface area contributed by atoms with Gasteiger partial charge in [0.05, 0.1) is 6.21 Å². The number of benzene rings is 2. The molecule has 0 bridgehead atoms. The first-order valence-electron chi connectivity index (χ1n) is 7.78. The molecule has 1 unspecified atom stereocenters. The number of nitrogens with zero attached hydrogens (tertiary/aromatic N) is 1. The van der Waals surface area contributed by atoms with E-state index in [-0.39, 0.29) is 5.91 Å². The Bertz CT molecular complexity index is 792. The molecule has 2 aromatic carbocycles. The second kappa shape index (κ2) is 10.1. The molecule has 0 aliphatic rings. The third-order valence-electron chi connectivity index (χ3n) is 3.20. The maximum absolute atomic E-state index is 12.1. The van der Waals surface area contributed by atoms with Crippen LogP contribution < -0.4 is 14.9 Å². The fraction of sp³-hybridized carbons (Fsp3) is 0.158. The highest BCUT2D eigenvalue weighted by molar-refractivity contribution is 9.10. The van der Waals surface area contributed by atoms with Crippen molar-refractivity contribution >= 4 is 44.0 Å². The highest BCUT2D eigenvalue weighted by atomic mass is 79.9. The molecule has 0 aliphatic carbocycles. The molecule has 0 aromatic heterocycles. The van der Waals surface area contributed by atoms with Crippen molar-refractivity contribution in [3.05, 3.63) is 69.6 Å². The summed E-state index contributed by atoms with van der Waals surface area (Å²) in [5, 5.41) is 3.99. The summed E-state index contributed by atoms with van der Waals surface area (Å²) in [5.74, 6) is 0.893. The smallest absolute Gasteiger partial charge is 0.280 e. The summed E-state index contributed by atoms with van der Waals surface area (Å²) >= 11 is 6.75. The van der Waals surface area contributed by atoms with Gasteiger partial charge in [0.1, 0.15) is 18.1 Å². The lowest BCUT2D eigenvalue weighted by atomic mass is 10.2. The lowest BCUT2D eigenvalue weighted by Crippen LogP contribution is -2.33. The fourth-order valence-electron chi connectivity index (χ4n) is 1.93. The van der Waals surface area contributed by atoms with E-state index in [2.05, 4.69) is 49.0 Å². The Morgan fingerprint density at radius 2 is 1.92 bits per heavy atom. The maximum Gasteiger partial charge on any atom is 0.280 e. The van der Waals surface area contributed by atoms with Gasteiger partial charge in [-0.2, -0.15) is 5.10 Å². The first kappa shape index (κ1) is 20.2. The average molecular weight is 482 g/mol. The molecule has 0 saturated heterocycles. The van der Waals surface area contributed by atoms with Crippen molar-refractivity contribution in [2.75, 3.05) is 6.61 Å². The van der Waals surface area contributed by atoms with Crippen LogP contribution in [0.2, 0.25) is 0 Å². The third-order valence-corrected chi connectivity index (χ3v) is 4.22. The number of hydrazone groups is 1. The first-order valence-corrected chi connectivity index (χ1v) is 9.36. The topological polar surface area (TPSA) is 59.9 Å². The predicted octanol–water partition coefficient (Wildman–Crippen LogP) is 4.69. The zero-order valence-corrected chi connectivity index (χ0v) is 17.3. The minimum absolute atomic E-state index is 0.354. The molecule has 26 heavy (non-hydrogen) atoms. The molecule has 136 valence electrons. The van der Waals surface area contributed by atoms with Crippen LogP contribution in [0, 0.1) is 0 Å². The monoisotopic (exact) mass is 480 g/mol. The van der Waals surface area contributed by atoms with Crippen molar-refractivity contribution in [2.24, 2.45) is 5.10 Å². The van der Waals surface area contributed by atoms with Crippen LogP contribution >= 0.6 is 31.9 Å². The minimum Gasteiger partial charge on any atom is -0.489 e. The van der Waals surface area contributed by atoms with E-state index >= 15 is 0 Å². The molecule has 0 saturated carbocycles. The molecule has 0 fully saturated rings. The summed E-state index contributed by atoms with van der Waals surface area (Å²) in [4.78, 5) is 12.1. The first-order chi connectivity index (χ1) is 12.5. The Hall–Kier alpha value is -2.12. The molecule has 0 radical (unpaired) electrons. The van der Waals surface area contributed by atoms with Gasteiger partial charge in [-0.25, -0.2) is 5.43 Å². The Labute approximate surface area is 169 Å². The molecule has 0 spiro atoms. The van der Waals surface area contributed by atoms with Gasteiger partial charge in [0.2, 0.25) is 0 Å². The van der Waals surface area contributed by atoms with E-state index in [1.807, 2.05) is 30.3 Å². The number of nitrogens with one attached hydrogen (secondary N) is 1. The number of hydrogen-bond donors (Lipinski definition) is 1. The molecule has 5 nitrogen and oxygen atoms in total. The highest BCUT2D eigenvalue weighted by Crippen LogP contribution is 2.22. The van der Waals surface area contributed by atoms with Gasteiger partial charge in [-0.1, -0.05) is 44.5 Å². The molecule has 2 rings (SSSR count). The van der Waals surface area contributed by atoms with Crippen LogP contribution in [0.15, 0.2) is 69.2 Å². The van der Waals surface area contributed by atoms with Crippen LogP contribution in [0.1, 0.15) is 12.5 Å². The van der Waals surface area contributed by atoms with Gasteiger partial charge in [-0.3, -0.25) is 4.79 Å². The summed E-state index contributed by atoms with van der Waals surface area (Å²) in [6, 6.07) is 12.8. The standard InChI is InChI=1S/C19H18Br2N2O3/c1-3-10-25-18-9-6-16(21)11-14(18)12-22-23-19(24)13(2)26-17-7-4-15(20)5-8-17/h3-9,11-13H,1,10H2,2H3,(H,23,24)/b22-12+. The number of ether oxygens (including phenoxy) is 2.